The molecule has 2 fully saturated rings. The van der Waals surface area contributed by atoms with Crippen LogP contribution in [0.2, 0.25) is 0 Å². The van der Waals surface area contributed by atoms with Gasteiger partial charge in [-0.25, -0.2) is 4.79 Å². The van der Waals surface area contributed by atoms with Crippen molar-refractivity contribution in [2.45, 2.75) is 32.7 Å². The van der Waals surface area contributed by atoms with Gasteiger partial charge in [-0.1, -0.05) is 12.1 Å². The number of urea groups is 1. The normalized spacial score (nSPS) is 16.6. The average molecular weight is 448 g/mol. The lowest BCUT2D eigenvalue weighted by molar-refractivity contribution is 0.252. The molecule has 2 amide bonds. The molecule has 3 N–H and O–H groups in total. The molecule has 2 aliphatic rings. The van der Waals surface area contributed by atoms with Crippen molar-refractivity contribution in [1.29, 1.82) is 0 Å². The Morgan fingerprint density at radius 3 is 2.55 bits per heavy atom. The van der Waals surface area contributed by atoms with Crippen LogP contribution in [-0.2, 0) is 6.54 Å². The first kappa shape index (κ1) is 21.6. The molecule has 3 heterocycles. The summed E-state index contributed by atoms with van der Waals surface area (Å²) in [5.74, 6) is 0.887. The third-order valence-corrected chi connectivity index (χ3v) is 6.79. The zero-order valence-electron chi connectivity index (χ0n) is 19.3. The number of fused-ring (bicyclic) bond motifs is 1. The van der Waals surface area contributed by atoms with Crippen molar-refractivity contribution in [3.63, 3.8) is 0 Å². The number of nitrogens with zero attached hydrogens (tertiary/aromatic N) is 3. The Hall–Kier alpha value is -3.19. The van der Waals surface area contributed by atoms with Crippen LogP contribution in [0.4, 0.5) is 16.2 Å². The summed E-state index contributed by atoms with van der Waals surface area (Å²) in [6, 6.07) is 14.2. The summed E-state index contributed by atoms with van der Waals surface area (Å²) in [4.78, 5) is 16.2. The number of nitrogens with two attached hydrogens (primary N) is 1. The van der Waals surface area contributed by atoms with Crippen LogP contribution >= 0.6 is 0 Å². The smallest absolute Gasteiger partial charge is 0.321 e. The van der Waals surface area contributed by atoms with Crippen molar-refractivity contribution >= 4 is 28.3 Å². The molecule has 5 rings (SSSR count). The van der Waals surface area contributed by atoms with E-state index in [1.54, 1.807) is 4.90 Å². The quantitative estimate of drug-likeness (QED) is 0.505. The number of aromatic nitrogens is 1. The highest BCUT2D eigenvalue weighted by Crippen LogP contribution is 2.38. The zero-order valence-corrected chi connectivity index (χ0v) is 19.3. The summed E-state index contributed by atoms with van der Waals surface area (Å²) in [5.41, 5.74) is 11.4. The van der Waals surface area contributed by atoms with Crippen LogP contribution in [0.3, 0.4) is 0 Å². The van der Waals surface area contributed by atoms with Gasteiger partial charge < -0.3 is 25.3 Å². The highest BCUT2D eigenvalue weighted by molar-refractivity contribution is 6.01. The maximum atomic E-state index is 12.0. The molecule has 7 nitrogen and oxygen atoms in total. The molecule has 2 saturated heterocycles. The van der Waals surface area contributed by atoms with Crippen LogP contribution < -0.4 is 20.7 Å². The second kappa shape index (κ2) is 9.35. The number of anilines is 2. The molecule has 0 aliphatic carbocycles. The number of amides is 2. The van der Waals surface area contributed by atoms with Gasteiger partial charge in [0.1, 0.15) is 5.75 Å². The first-order valence-electron chi connectivity index (χ1n) is 12.1. The molecule has 2 aromatic carbocycles. The monoisotopic (exact) mass is 447 g/mol. The minimum absolute atomic E-state index is 0.0436. The summed E-state index contributed by atoms with van der Waals surface area (Å²) in [6.07, 6.45) is 3.69. The third-order valence-electron chi connectivity index (χ3n) is 6.79. The Labute approximate surface area is 195 Å². The molecule has 1 aromatic heterocycles. The third kappa shape index (κ3) is 4.25. The molecular weight excluding hydrogens is 414 g/mol. The van der Waals surface area contributed by atoms with Gasteiger partial charge in [0.05, 0.1) is 23.5 Å². The fourth-order valence-corrected chi connectivity index (χ4v) is 5.09. The Kier molecular flexibility index (Phi) is 6.13. The van der Waals surface area contributed by atoms with E-state index in [-0.39, 0.29) is 6.03 Å². The van der Waals surface area contributed by atoms with Crippen molar-refractivity contribution in [3.05, 3.63) is 42.5 Å². The van der Waals surface area contributed by atoms with E-state index in [9.17, 15) is 4.79 Å². The van der Waals surface area contributed by atoms with Crippen LogP contribution in [0, 0.1) is 0 Å². The number of nitrogen functional groups attached to an aromatic ring is 1. The Balaban J connectivity index is 1.36. The number of rotatable bonds is 8. The van der Waals surface area contributed by atoms with Gasteiger partial charge in [-0.15, -0.1) is 0 Å². The van der Waals surface area contributed by atoms with Crippen molar-refractivity contribution in [1.82, 2.24) is 14.8 Å². The standard InChI is InChI=1S/C26H33N5O2/c1-2-30-23-18-21(33-17-5-15-29-13-3-4-14-29)10-11-22(23)24(27)25(30)19-6-8-20(9-7-19)31-16-12-28-26(31)32/h6-11,18H,2-5,12-17,27H2,1H3,(H,28,32). The van der Waals surface area contributed by atoms with E-state index in [0.29, 0.717) is 13.1 Å². The van der Waals surface area contributed by atoms with Gasteiger partial charge in [0, 0.05) is 48.9 Å². The van der Waals surface area contributed by atoms with Crippen LogP contribution in [0.1, 0.15) is 26.2 Å². The summed E-state index contributed by atoms with van der Waals surface area (Å²) in [7, 11) is 0. The second-order valence-electron chi connectivity index (χ2n) is 8.87. The lowest BCUT2D eigenvalue weighted by atomic mass is 10.1. The second-order valence-corrected chi connectivity index (χ2v) is 8.87. The van der Waals surface area contributed by atoms with E-state index in [2.05, 4.69) is 33.8 Å². The molecule has 2 aliphatic heterocycles. The van der Waals surface area contributed by atoms with Crippen molar-refractivity contribution in [2.24, 2.45) is 0 Å². The predicted molar refractivity (Wildman–Crippen MR) is 134 cm³/mol. The number of benzene rings is 2. The fraction of sp³-hybridized carbons (Fsp3) is 0.423. The molecule has 33 heavy (non-hydrogen) atoms. The molecule has 0 unspecified atom stereocenters. The Morgan fingerprint density at radius 1 is 1.06 bits per heavy atom. The number of likely N-dealkylation sites (tertiary alicyclic amines) is 1. The van der Waals surface area contributed by atoms with Crippen LogP contribution in [-0.4, -0.2) is 54.8 Å². The largest absolute Gasteiger partial charge is 0.493 e. The summed E-state index contributed by atoms with van der Waals surface area (Å²) < 4.78 is 8.34. The maximum Gasteiger partial charge on any atom is 0.321 e. The van der Waals surface area contributed by atoms with Crippen molar-refractivity contribution in [2.75, 3.05) is 50.0 Å². The lowest BCUT2D eigenvalue weighted by Gasteiger charge is -2.15. The number of ether oxygens (including phenoxy) is 1. The van der Waals surface area contributed by atoms with Gasteiger partial charge in [0.25, 0.3) is 0 Å². The van der Waals surface area contributed by atoms with Gasteiger partial charge in [0.2, 0.25) is 0 Å². The minimum atomic E-state index is -0.0436. The highest BCUT2D eigenvalue weighted by Gasteiger charge is 2.22. The number of hydrogen-bond acceptors (Lipinski definition) is 4. The van der Waals surface area contributed by atoms with Gasteiger partial charge in [0.15, 0.2) is 0 Å². The first-order chi connectivity index (χ1) is 16.2. The predicted octanol–water partition coefficient (Wildman–Crippen LogP) is 4.30. The Bertz CT molecular complexity index is 1130. The molecule has 0 atom stereocenters. The van der Waals surface area contributed by atoms with Crippen molar-refractivity contribution in [3.8, 4) is 17.0 Å². The first-order valence-corrected chi connectivity index (χ1v) is 12.1. The molecule has 0 spiro atoms. The SMILES string of the molecule is CCn1c(-c2ccc(N3CCNC3=O)cc2)c(N)c2ccc(OCCCN3CCCC3)cc21. The van der Waals surface area contributed by atoms with Crippen LogP contribution in [0.5, 0.6) is 5.75 Å². The van der Waals surface area contributed by atoms with Gasteiger partial charge in [-0.05, 0) is 63.5 Å². The minimum Gasteiger partial charge on any atom is -0.493 e. The van der Waals surface area contributed by atoms with Crippen LogP contribution in [0.15, 0.2) is 42.5 Å². The molecule has 0 bridgehead atoms. The van der Waals surface area contributed by atoms with E-state index in [4.69, 9.17) is 10.5 Å². The molecule has 0 saturated carbocycles. The zero-order chi connectivity index (χ0) is 22.8. The fourth-order valence-electron chi connectivity index (χ4n) is 5.09. The number of nitrogens with one attached hydrogen (secondary N) is 1. The maximum absolute atomic E-state index is 12.0. The van der Waals surface area contributed by atoms with Gasteiger partial charge in [-0.2, -0.15) is 0 Å². The molecule has 0 radical (unpaired) electrons. The highest BCUT2D eigenvalue weighted by atomic mass is 16.5. The number of carbonyl (C=O) groups is 1. The van der Waals surface area contributed by atoms with E-state index in [1.165, 1.54) is 25.9 Å². The van der Waals surface area contributed by atoms with E-state index in [0.717, 1.165) is 65.4 Å². The number of carbonyl (C=O) groups excluding carboxylic acids is 1. The summed E-state index contributed by atoms with van der Waals surface area (Å²) >= 11 is 0. The van der Waals surface area contributed by atoms with Gasteiger partial charge in [-0.3, -0.25) is 4.90 Å². The topological polar surface area (TPSA) is 75.8 Å². The van der Waals surface area contributed by atoms with Crippen molar-refractivity contribution < 1.29 is 9.53 Å². The van der Waals surface area contributed by atoms with E-state index < -0.39 is 0 Å². The average Bonchev–Trinajstić information content (AvgIpc) is 3.57. The lowest BCUT2D eigenvalue weighted by Crippen LogP contribution is -2.27. The summed E-state index contributed by atoms with van der Waals surface area (Å²) in [5, 5.41) is 3.89. The van der Waals surface area contributed by atoms with E-state index in [1.807, 2.05) is 30.3 Å². The van der Waals surface area contributed by atoms with E-state index >= 15 is 0 Å². The van der Waals surface area contributed by atoms with Gasteiger partial charge >= 0.3 is 6.03 Å². The number of hydrogen-bond donors (Lipinski definition) is 2. The van der Waals surface area contributed by atoms with Crippen LogP contribution in [0.25, 0.3) is 22.2 Å². The summed E-state index contributed by atoms with van der Waals surface area (Å²) in [6.45, 7) is 8.60. The molecule has 7 heteroatoms. The Morgan fingerprint density at radius 2 is 1.85 bits per heavy atom. The molecule has 3 aromatic rings. The molecule has 174 valence electrons. The molecular formula is C26H33N5O2. The number of aryl methyl sites for hydroxylation is 1.